The van der Waals surface area contributed by atoms with Gasteiger partial charge in [0.2, 0.25) is 0 Å². The van der Waals surface area contributed by atoms with Crippen LogP contribution in [-0.4, -0.2) is 43.5 Å². The molecule has 4 aromatic carbocycles. The molecule has 196 valence electrons. The Morgan fingerprint density at radius 1 is 0.641 bits per heavy atom. The number of fused-ring (bicyclic) bond motifs is 2. The summed E-state index contributed by atoms with van der Waals surface area (Å²) >= 11 is 1.79. The maximum atomic E-state index is 7.71. The molecule has 0 bridgehead atoms. The van der Waals surface area contributed by atoms with Gasteiger partial charge in [0.1, 0.15) is 0 Å². The van der Waals surface area contributed by atoms with E-state index in [1.807, 2.05) is 36.4 Å². The zero-order chi connectivity index (χ0) is 26.9. The average molecular weight is 533 g/mol. The highest BCUT2D eigenvalue weighted by Gasteiger charge is 2.25. The Labute approximate surface area is 233 Å². The van der Waals surface area contributed by atoms with Gasteiger partial charge in [0.05, 0.1) is 11.4 Å². The smallest absolute Gasteiger partial charge is 0.0553 e. The summed E-state index contributed by atoms with van der Waals surface area (Å²) in [6, 6.07) is 25.1. The molecule has 7 heteroatoms. The van der Waals surface area contributed by atoms with Gasteiger partial charge in [-0.2, -0.15) is 0 Å². The van der Waals surface area contributed by atoms with Crippen molar-refractivity contribution in [2.45, 2.75) is 22.6 Å². The Kier molecular flexibility index (Phi) is 6.85. The van der Waals surface area contributed by atoms with Crippen molar-refractivity contribution in [1.29, 1.82) is 10.8 Å². The fourth-order valence-electron chi connectivity index (χ4n) is 5.49. The molecule has 2 aliphatic rings. The third-order valence-electron chi connectivity index (χ3n) is 7.71. The first-order chi connectivity index (χ1) is 19.0. The molecule has 4 aromatic rings. The highest BCUT2D eigenvalue weighted by molar-refractivity contribution is 7.99. The van der Waals surface area contributed by atoms with Crippen LogP contribution >= 0.6 is 11.8 Å². The van der Waals surface area contributed by atoms with Crippen LogP contribution in [0.3, 0.4) is 0 Å². The van der Waals surface area contributed by atoms with E-state index < -0.39 is 0 Å². The van der Waals surface area contributed by atoms with Gasteiger partial charge in [-0.3, -0.25) is 0 Å². The van der Waals surface area contributed by atoms with E-state index in [9.17, 15) is 0 Å². The lowest BCUT2D eigenvalue weighted by Gasteiger charge is -2.34. The Bertz CT molecular complexity index is 1470. The fraction of sp³-hybridized carbons (Fsp3) is 0.188. The molecule has 0 saturated carbocycles. The summed E-state index contributed by atoms with van der Waals surface area (Å²) in [5, 5.41) is 15.4. The molecule has 2 heterocycles. The minimum Gasteiger partial charge on any atom is -0.398 e. The predicted molar refractivity (Wildman–Crippen MR) is 165 cm³/mol. The first-order valence-electron chi connectivity index (χ1n) is 13.3. The van der Waals surface area contributed by atoms with Gasteiger partial charge >= 0.3 is 0 Å². The quantitative estimate of drug-likeness (QED) is 0.153. The Morgan fingerprint density at radius 3 is 1.59 bits per heavy atom. The first kappa shape index (κ1) is 25.2. The Morgan fingerprint density at radius 2 is 1.10 bits per heavy atom. The molecule has 0 aromatic heterocycles. The number of hydrogen-bond acceptors (Lipinski definition) is 7. The highest BCUT2D eigenvalue weighted by Crippen LogP contribution is 2.50. The van der Waals surface area contributed by atoms with E-state index in [4.69, 9.17) is 22.3 Å². The molecule has 0 amide bonds. The molecular weight excluding hydrogens is 500 g/mol. The van der Waals surface area contributed by atoms with Crippen molar-refractivity contribution in [2.75, 3.05) is 42.5 Å². The molecule has 0 atom stereocenters. The number of nitrogens with one attached hydrogen (secondary N) is 2. The summed E-state index contributed by atoms with van der Waals surface area (Å²) in [6.45, 7) is 4.32. The molecule has 39 heavy (non-hydrogen) atoms. The highest BCUT2D eigenvalue weighted by atomic mass is 32.2. The average Bonchev–Trinajstić information content (AvgIpc) is 3.49. The van der Waals surface area contributed by atoms with Crippen molar-refractivity contribution >= 4 is 46.9 Å². The molecular formula is C32H32N6S. The predicted octanol–water partition coefficient (Wildman–Crippen LogP) is 6.88. The second-order valence-corrected chi connectivity index (χ2v) is 11.2. The lowest BCUT2D eigenvalue weighted by molar-refractivity contribution is 0.348. The summed E-state index contributed by atoms with van der Waals surface area (Å²) < 4.78 is 0. The van der Waals surface area contributed by atoms with Gasteiger partial charge in [-0.25, -0.2) is 0 Å². The van der Waals surface area contributed by atoms with E-state index in [2.05, 4.69) is 46.2 Å². The van der Waals surface area contributed by atoms with E-state index in [0.717, 1.165) is 46.5 Å². The topological polar surface area (TPSA) is 106 Å². The zero-order valence-corrected chi connectivity index (χ0v) is 22.6. The molecule has 0 spiro atoms. The SMILES string of the molecule is N=Cc1cc(-c2ccc3c(c2)Sc2cc(-c4ccc(N)c(C=N)c4)ccc2N3CCN2CCCC2)ccc1N. The van der Waals surface area contributed by atoms with E-state index in [1.54, 1.807) is 11.8 Å². The van der Waals surface area contributed by atoms with Crippen molar-refractivity contribution in [3.63, 3.8) is 0 Å². The standard InChI is InChI=1S/C32H32N6S/c33-19-25-15-21(3-7-27(25)35)23-5-9-29-31(17-23)39-32-18-24(22-4-8-28(36)26(16-22)20-34)6-10-30(32)38(29)14-13-37-11-1-2-12-37/h3-10,15-20,33-34H,1-2,11-14,35-36H2. The van der Waals surface area contributed by atoms with Crippen LogP contribution in [0.1, 0.15) is 24.0 Å². The van der Waals surface area contributed by atoms with Crippen LogP contribution in [0.4, 0.5) is 22.7 Å². The molecule has 0 unspecified atom stereocenters. The third-order valence-corrected chi connectivity index (χ3v) is 8.80. The van der Waals surface area contributed by atoms with E-state index in [-0.39, 0.29) is 0 Å². The molecule has 1 fully saturated rings. The lowest BCUT2D eigenvalue weighted by Crippen LogP contribution is -2.32. The first-order valence-corrected chi connectivity index (χ1v) is 14.1. The van der Waals surface area contributed by atoms with Crippen LogP contribution in [0.2, 0.25) is 0 Å². The van der Waals surface area contributed by atoms with Gasteiger partial charge in [0.25, 0.3) is 0 Å². The number of nitrogens with zero attached hydrogens (tertiary/aromatic N) is 2. The van der Waals surface area contributed by atoms with Crippen molar-refractivity contribution < 1.29 is 0 Å². The summed E-state index contributed by atoms with van der Waals surface area (Å²) in [7, 11) is 0. The Balaban J connectivity index is 1.40. The molecule has 2 aliphatic heterocycles. The van der Waals surface area contributed by atoms with E-state index in [0.29, 0.717) is 11.4 Å². The maximum Gasteiger partial charge on any atom is 0.0553 e. The second-order valence-electron chi connectivity index (χ2n) is 10.1. The second kappa shape index (κ2) is 10.6. The number of hydrogen-bond donors (Lipinski definition) is 4. The fourth-order valence-corrected chi connectivity index (χ4v) is 6.67. The van der Waals surface area contributed by atoms with E-state index >= 15 is 0 Å². The van der Waals surface area contributed by atoms with Crippen LogP contribution < -0.4 is 16.4 Å². The van der Waals surface area contributed by atoms with Crippen LogP contribution in [0.25, 0.3) is 22.3 Å². The number of benzene rings is 4. The maximum absolute atomic E-state index is 7.71. The molecule has 6 nitrogen and oxygen atoms in total. The van der Waals surface area contributed by atoms with Crippen LogP contribution in [0.15, 0.2) is 82.6 Å². The molecule has 6 N–H and O–H groups in total. The molecule has 6 rings (SSSR count). The van der Waals surface area contributed by atoms with E-state index in [1.165, 1.54) is 59.5 Å². The van der Waals surface area contributed by atoms with Crippen molar-refractivity contribution in [1.82, 2.24) is 4.90 Å². The third kappa shape index (κ3) is 4.91. The number of likely N-dealkylation sites (tertiary alicyclic amines) is 1. The molecule has 1 saturated heterocycles. The summed E-state index contributed by atoms with van der Waals surface area (Å²) in [5.74, 6) is 0. The van der Waals surface area contributed by atoms with Gasteiger partial charge < -0.3 is 32.1 Å². The van der Waals surface area contributed by atoms with Gasteiger partial charge in [0.15, 0.2) is 0 Å². The van der Waals surface area contributed by atoms with Gasteiger partial charge in [-0.05, 0) is 96.7 Å². The minimum absolute atomic E-state index is 0.615. The summed E-state index contributed by atoms with van der Waals surface area (Å²) in [5.41, 5.74) is 21.6. The minimum atomic E-state index is 0.615. The zero-order valence-electron chi connectivity index (χ0n) is 21.8. The number of rotatable bonds is 7. The number of anilines is 4. The normalized spacial score (nSPS) is 14.6. The summed E-state index contributed by atoms with van der Waals surface area (Å²) in [6.07, 6.45) is 5.19. The molecule has 0 radical (unpaired) electrons. The lowest BCUT2D eigenvalue weighted by atomic mass is 10.0. The van der Waals surface area contributed by atoms with Crippen LogP contribution in [0, 0.1) is 10.8 Å². The van der Waals surface area contributed by atoms with Crippen LogP contribution in [-0.2, 0) is 0 Å². The van der Waals surface area contributed by atoms with Crippen molar-refractivity contribution in [2.24, 2.45) is 0 Å². The van der Waals surface area contributed by atoms with Crippen molar-refractivity contribution in [3.05, 3.63) is 83.9 Å². The van der Waals surface area contributed by atoms with Gasteiger partial charge in [-0.15, -0.1) is 0 Å². The molecule has 0 aliphatic carbocycles. The number of nitrogen functional groups attached to an aromatic ring is 2. The van der Waals surface area contributed by atoms with Gasteiger partial charge in [-0.1, -0.05) is 36.0 Å². The largest absolute Gasteiger partial charge is 0.398 e. The summed E-state index contributed by atoms with van der Waals surface area (Å²) in [4.78, 5) is 7.45. The monoisotopic (exact) mass is 532 g/mol. The van der Waals surface area contributed by atoms with Crippen molar-refractivity contribution in [3.8, 4) is 22.3 Å². The van der Waals surface area contributed by atoms with Gasteiger partial charge in [0, 0.05) is 57.8 Å². The number of nitrogens with two attached hydrogens (primary N) is 2. The van der Waals surface area contributed by atoms with Crippen LogP contribution in [0.5, 0.6) is 0 Å². The Hall–Kier alpha value is -4.07.